The maximum absolute atomic E-state index is 12.5. The minimum Gasteiger partial charge on any atom is -0.334 e. The Bertz CT molecular complexity index is 961. The summed E-state index contributed by atoms with van der Waals surface area (Å²) >= 11 is 0. The summed E-state index contributed by atoms with van der Waals surface area (Å²) in [5.74, 6) is 0. The largest absolute Gasteiger partial charge is 0.334 e. The number of sulfone groups is 1. The number of urea groups is 1. The number of amides is 2. The van der Waals surface area contributed by atoms with E-state index in [0.29, 0.717) is 12.2 Å². The Kier molecular flexibility index (Phi) is 4.52. The van der Waals surface area contributed by atoms with Gasteiger partial charge >= 0.3 is 6.03 Å². The number of carbonyl (C=O) groups excluding carboxylic acids is 1. The number of H-pyrrole nitrogens is 1. The number of carbonyl (C=O) groups is 1. The van der Waals surface area contributed by atoms with Crippen LogP contribution in [-0.4, -0.2) is 34.4 Å². The monoisotopic (exact) mass is 360 g/mol. The molecule has 0 saturated carbocycles. The van der Waals surface area contributed by atoms with Crippen LogP contribution < -0.4 is 10.6 Å². The van der Waals surface area contributed by atoms with E-state index >= 15 is 0 Å². The first-order valence-electron chi connectivity index (χ1n) is 7.31. The fraction of sp³-hybridized carbons (Fsp3) is 0.133. The van der Waals surface area contributed by atoms with Crippen molar-refractivity contribution in [3.63, 3.8) is 0 Å². The van der Waals surface area contributed by atoms with Crippen molar-refractivity contribution in [3.05, 3.63) is 54.6 Å². The van der Waals surface area contributed by atoms with Gasteiger partial charge in [-0.2, -0.15) is 10.2 Å². The normalized spacial score (nSPS) is 11.2. The maximum atomic E-state index is 12.5. The van der Waals surface area contributed by atoms with Crippen LogP contribution in [-0.2, 0) is 23.4 Å². The lowest BCUT2D eigenvalue weighted by Crippen LogP contribution is -2.28. The Balaban J connectivity index is 1.65. The molecule has 0 saturated heterocycles. The molecule has 130 valence electrons. The van der Waals surface area contributed by atoms with Gasteiger partial charge in [0.2, 0.25) is 9.84 Å². The van der Waals surface area contributed by atoms with Gasteiger partial charge in [-0.3, -0.25) is 9.78 Å². The average molecular weight is 360 g/mol. The number of aromatic nitrogens is 4. The van der Waals surface area contributed by atoms with Crippen LogP contribution in [0, 0.1) is 0 Å². The number of benzene rings is 1. The number of aromatic amines is 1. The number of aryl methyl sites for hydroxylation is 1. The van der Waals surface area contributed by atoms with E-state index in [0.717, 1.165) is 5.56 Å². The molecule has 3 aromatic rings. The lowest BCUT2D eigenvalue weighted by Gasteiger charge is -2.08. The van der Waals surface area contributed by atoms with Gasteiger partial charge in [-0.1, -0.05) is 0 Å². The first-order valence-corrected chi connectivity index (χ1v) is 8.80. The van der Waals surface area contributed by atoms with E-state index in [1.165, 1.54) is 41.3 Å². The van der Waals surface area contributed by atoms with Crippen LogP contribution in [0.3, 0.4) is 0 Å². The average Bonchev–Trinajstić information content (AvgIpc) is 3.25. The number of anilines is 1. The van der Waals surface area contributed by atoms with E-state index in [4.69, 9.17) is 0 Å². The summed E-state index contributed by atoms with van der Waals surface area (Å²) in [6.07, 6.45) is 6.02. The molecule has 0 atom stereocenters. The summed E-state index contributed by atoms with van der Waals surface area (Å²) in [5, 5.41) is 15.6. The summed E-state index contributed by atoms with van der Waals surface area (Å²) in [6, 6.07) is 5.53. The molecule has 2 heterocycles. The van der Waals surface area contributed by atoms with E-state index in [9.17, 15) is 13.2 Å². The number of rotatable bonds is 5. The first-order chi connectivity index (χ1) is 11.9. The van der Waals surface area contributed by atoms with Crippen molar-refractivity contribution in [2.75, 3.05) is 5.32 Å². The second-order valence-corrected chi connectivity index (χ2v) is 7.24. The number of hydrogen-bond acceptors (Lipinski definition) is 5. The summed E-state index contributed by atoms with van der Waals surface area (Å²) < 4.78 is 26.3. The van der Waals surface area contributed by atoms with Crippen molar-refractivity contribution in [1.29, 1.82) is 0 Å². The zero-order valence-electron chi connectivity index (χ0n) is 13.3. The molecule has 2 aromatic heterocycles. The Morgan fingerprint density at radius 2 is 1.96 bits per heavy atom. The molecule has 0 radical (unpaired) electrons. The van der Waals surface area contributed by atoms with Crippen molar-refractivity contribution >= 4 is 21.6 Å². The Labute approximate surface area is 144 Å². The summed E-state index contributed by atoms with van der Waals surface area (Å²) in [6.45, 7) is 0.329. The van der Waals surface area contributed by atoms with Gasteiger partial charge in [0, 0.05) is 37.2 Å². The van der Waals surface area contributed by atoms with Gasteiger partial charge in [0.1, 0.15) is 4.90 Å². The van der Waals surface area contributed by atoms with Crippen LogP contribution in [0.25, 0.3) is 0 Å². The van der Waals surface area contributed by atoms with Gasteiger partial charge in [-0.15, -0.1) is 0 Å². The molecule has 0 aliphatic heterocycles. The molecule has 10 heteroatoms. The molecular weight excluding hydrogens is 344 g/mol. The number of nitrogens with one attached hydrogen (secondary N) is 3. The molecule has 25 heavy (non-hydrogen) atoms. The van der Waals surface area contributed by atoms with Gasteiger partial charge in [0.05, 0.1) is 17.3 Å². The lowest BCUT2D eigenvalue weighted by molar-refractivity contribution is 0.251. The molecular formula is C15H16N6O3S. The fourth-order valence-electron chi connectivity index (χ4n) is 2.12. The molecule has 0 aliphatic rings. The van der Waals surface area contributed by atoms with Crippen LogP contribution in [0.2, 0.25) is 0 Å². The predicted octanol–water partition coefficient (Wildman–Crippen LogP) is 1.30. The van der Waals surface area contributed by atoms with E-state index in [-0.39, 0.29) is 9.79 Å². The number of hydrogen-bond donors (Lipinski definition) is 3. The SMILES string of the molecule is Cn1cc(S(=O)(=O)c2ccc(NC(=O)NCc3cn[nH]c3)cc2)cn1. The van der Waals surface area contributed by atoms with Crippen molar-refractivity contribution in [2.45, 2.75) is 16.3 Å². The molecule has 0 spiro atoms. The van der Waals surface area contributed by atoms with E-state index in [2.05, 4.69) is 25.9 Å². The molecule has 3 rings (SSSR count). The Morgan fingerprint density at radius 3 is 2.56 bits per heavy atom. The third-order valence-corrected chi connectivity index (χ3v) is 5.15. The molecule has 3 N–H and O–H groups in total. The van der Waals surface area contributed by atoms with Crippen LogP contribution in [0.5, 0.6) is 0 Å². The van der Waals surface area contributed by atoms with Crippen molar-refractivity contribution in [1.82, 2.24) is 25.3 Å². The van der Waals surface area contributed by atoms with Crippen LogP contribution in [0.4, 0.5) is 10.5 Å². The standard InChI is InChI=1S/C15H16N6O3S/c1-21-10-14(9-19-21)25(23,24)13-4-2-12(3-5-13)20-15(22)16-6-11-7-17-18-8-11/h2-5,7-10H,6H2,1H3,(H,17,18)(H2,16,20,22). The van der Waals surface area contributed by atoms with Gasteiger partial charge in [0.25, 0.3) is 0 Å². The smallest absolute Gasteiger partial charge is 0.319 e. The molecule has 0 unspecified atom stereocenters. The van der Waals surface area contributed by atoms with Gasteiger partial charge in [-0.05, 0) is 24.3 Å². The van der Waals surface area contributed by atoms with Gasteiger partial charge < -0.3 is 10.6 Å². The van der Waals surface area contributed by atoms with Gasteiger partial charge in [-0.25, -0.2) is 13.2 Å². The summed E-state index contributed by atoms with van der Waals surface area (Å²) in [7, 11) is -1.98. The predicted molar refractivity (Wildman–Crippen MR) is 89.5 cm³/mol. The highest BCUT2D eigenvalue weighted by molar-refractivity contribution is 7.91. The maximum Gasteiger partial charge on any atom is 0.319 e. The van der Waals surface area contributed by atoms with Crippen LogP contribution in [0.15, 0.2) is 58.8 Å². The minimum absolute atomic E-state index is 0.119. The molecule has 0 aliphatic carbocycles. The van der Waals surface area contributed by atoms with E-state index in [1.54, 1.807) is 19.4 Å². The topological polar surface area (TPSA) is 122 Å². The van der Waals surface area contributed by atoms with Crippen molar-refractivity contribution in [2.24, 2.45) is 7.05 Å². The highest BCUT2D eigenvalue weighted by Crippen LogP contribution is 2.21. The van der Waals surface area contributed by atoms with Crippen LogP contribution >= 0.6 is 0 Å². The van der Waals surface area contributed by atoms with Crippen molar-refractivity contribution in [3.8, 4) is 0 Å². The quantitative estimate of drug-likeness (QED) is 0.633. The zero-order valence-corrected chi connectivity index (χ0v) is 14.1. The third-order valence-electron chi connectivity index (χ3n) is 3.42. The molecule has 0 bridgehead atoms. The fourth-order valence-corrected chi connectivity index (χ4v) is 3.37. The first kappa shape index (κ1) is 16.7. The highest BCUT2D eigenvalue weighted by Gasteiger charge is 2.19. The molecule has 9 nitrogen and oxygen atoms in total. The third kappa shape index (κ3) is 3.86. The summed E-state index contributed by atoms with van der Waals surface area (Å²) in [5.41, 5.74) is 1.32. The van der Waals surface area contributed by atoms with E-state index in [1.807, 2.05) is 0 Å². The van der Waals surface area contributed by atoms with E-state index < -0.39 is 15.9 Å². The minimum atomic E-state index is -3.63. The summed E-state index contributed by atoms with van der Waals surface area (Å²) in [4.78, 5) is 12.1. The zero-order chi connectivity index (χ0) is 17.9. The lowest BCUT2D eigenvalue weighted by atomic mass is 10.3. The Morgan fingerprint density at radius 1 is 1.20 bits per heavy atom. The van der Waals surface area contributed by atoms with Crippen LogP contribution in [0.1, 0.15) is 5.56 Å². The van der Waals surface area contributed by atoms with Gasteiger partial charge in [0.15, 0.2) is 0 Å². The molecule has 2 amide bonds. The van der Waals surface area contributed by atoms with Crippen molar-refractivity contribution < 1.29 is 13.2 Å². The Hall–Kier alpha value is -3.14. The highest BCUT2D eigenvalue weighted by atomic mass is 32.2. The number of nitrogens with zero attached hydrogens (tertiary/aromatic N) is 3. The second kappa shape index (κ2) is 6.77. The second-order valence-electron chi connectivity index (χ2n) is 5.29. The molecule has 0 fully saturated rings. The molecule has 1 aromatic carbocycles.